The molecule has 2 aromatic carbocycles. The van der Waals surface area contributed by atoms with Crippen molar-refractivity contribution in [2.75, 3.05) is 68.6 Å². The maximum absolute atomic E-state index is 13.2. The van der Waals surface area contributed by atoms with Crippen molar-refractivity contribution in [2.45, 2.75) is 17.7 Å². The molecule has 0 atom stereocenters. The summed E-state index contributed by atoms with van der Waals surface area (Å²) in [7, 11) is -2.10. The van der Waals surface area contributed by atoms with Crippen LogP contribution in [0.5, 0.6) is 5.75 Å². The molecule has 0 bridgehead atoms. The second-order valence-corrected chi connectivity index (χ2v) is 9.93. The van der Waals surface area contributed by atoms with Crippen LogP contribution in [0.2, 0.25) is 0 Å². The molecule has 2 N–H and O–H groups in total. The number of para-hydroxylation sites is 2. The van der Waals surface area contributed by atoms with Gasteiger partial charge in [0.15, 0.2) is 0 Å². The predicted octanol–water partition coefficient (Wildman–Crippen LogP) is 2.37. The normalized spacial score (nSPS) is 17.1. The first-order valence-electron chi connectivity index (χ1n) is 11.1. The molecule has 0 unspecified atom stereocenters. The minimum absolute atomic E-state index is 0.0139. The van der Waals surface area contributed by atoms with Crippen molar-refractivity contribution in [1.82, 2.24) is 4.31 Å². The van der Waals surface area contributed by atoms with Gasteiger partial charge in [-0.2, -0.15) is 4.31 Å². The molecule has 178 valence electrons. The van der Waals surface area contributed by atoms with Crippen LogP contribution >= 0.6 is 0 Å². The molecule has 9 nitrogen and oxygen atoms in total. The highest BCUT2D eigenvalue weighted by Gasteiger charge is 2.28. The van der Waals surface area contributed by atoms with Gasteiger partial charge in [-0.15, -0.1) is 0 Å². The van der Waals surface area contributed by atoms with E-state index >= 15 is 0 Å². The zero-order valence-corrected chi connectivity index (χ0v) is 19.6. The molecule has 2 saturated heterocycles. The van der Waals surface area contributed by atoms with Crippen LogP contribution in [-0.4, -0.2) is 71.7 Å². The molecule has 2 aliphatic heterocycles. The fourth-order valence-electron chi connectivity index (χ4n) is 4.10. The van der Waals surface area contributed by atoms with Gasteiger partial charge >= 0.3 is 0 Å². The van der Waals surface area contributed by atoms with Gasteiger partial charge in [0.25, 0.3) is 0 Å². The summed E-state index contributed by atoms with van der Waals surface area (Å²) >= 11 is 0. The number of carbonyl (C=O) groups is 1. The lowest BCUT2D eigenvalue weighted by molar-refractivity contribution is -0.114. The number of nitrogens with one attached hydrogen (secondary N) is 2. The molecule has 0 aromatic heterocycles. The molecule has 0 saturated carbocycles. The van der Waals surface area contributed by atoms with Crippen molar-refractivity contribution in [2.24, 2.45) is 0 Å². The number of morpholine rings is 1. The Bertz CT molecular complexity index is 1080. The van der Waals surface area contributed by atoms with Crippen LogP contribution in [0.3, 0.4) is 0 Å². The van der Waals surface area contributed by atoms with Gasteiger partial charge in [0.2, 0.25) is 15.9 Å². The summed E-state index contributed by atoms with van der Waals surface area (Å²) in [5, 5.41) is 6.00. The van der Waals surface area contributed by atoms with E-state index in [1.165, 1.54) is 4.31 Å². The van der Waals surface area contributed by atoms with Crippen molar-refractivity contribution in [3.8, 4) is 5.75 Å². The lowest BCUT2D eigenvalue weighted by Gasteiger charge is -2.27. The Kier molecular flexibility index (Phi) is 7.36. The van der Waals surface area contributed by atoms with Gasteiger partial charge in [-0.1, -0.05) is 12.1 Å². The Morgan fingerprint density at radius 2 is 1.76 bits per heavy atom. The molecular weight excluding hydrogens is 444 g/mol. The van der Waals surface area contributed by atoms with Crippen molar-refractivity contribution < 1.29 is 22.7 Å². The molecule has 1 amide bonds. The topological polar surface area (TPSA) is 100 Å². The third-order valence-corrected chi connectivity index (χ3v) is 7.74. The largest absolute Gasteiger partial charge is 0.495 e. The SMILES string of the molecule is COc1ccccc1NC(=O)CNc1cc(S(=O)(=O)N2CCOCC2)ccc1N1CCCC1. The number of anilines is 3. The van der Waals surface area contributed by atoms with Gasteiger partial charge < -0.3 is 25.0 Å². The first kappa shape index (κ1) is 23.3. The van der Waals surface area contributed by atoms with Crippen LogP contribution in [0.25, 0.3) is 0 Å². The number of amides is 1. The average molecular weight is 475 g/mol. The van der Waals surface area contributed by atoms with Crippen LogP contribution in [0.1, 0.15) is 12.8 Å². The molecule has 4 rings (SSSR count). The van der Waals surface area contributed by atoms with Crippen LogP contribution in [0.4, 0.5) is 17.1 Å². The lowest BCUT2D eigenvalue weighted by Crippen LogP contribution is -2.40. The van der Waals surface area contributed by atoms with E-state index in [0.717, 1.165) is 31.6 Å². The van der Waals surface area contributed by atoms with Crippen molar-refractivity contribution in [3.05, 3.63) is 42.5 Å². The Labute approximate surface area is 194 Å². The summed E-state index contributed by atoms with van der Waals surface area (Å²) in [5.74, 6) is 0.315. The predicted molar refractivity (Wildman–Crippen MR) is 128 cm³/mol. The highest BCUT2D eigenvalue weighted by molar-refractivity contribution is 7.89. The number of methoxy groups -OCH3 is 1. The molecule has 10 heteroatoms. The van der Waals surface area contributed by atoms with Crippen LogP contribution in [-0.2, 0) is 19.6 Å². The molecule has 0 spiro atoms. The number of carbonyl (C=O) groups excluding carboxylic acids is 1. The average Bonchev–Trinajstić information content (AvgIpc) is 3.38. The second kappa shape index (κ2) is 10.4. The van der Waals surface area contributed by atoms with E-state index in [2.05, 4.69) is 15.5 Å². The van der Waals surface area contributed by atoms with E-state index in [1.807, 2.05) is 18.2 Å². The van der Waals surface area contributed by atoms with Gasteiger partial charge in [0, 0.05) is 26.2 Å². The summed E-state index contributed by atoms with van der Waals surface area (Å²) in [6, 6.07) is 12.3. The molecule has 2 aliphatic rings. The molecule has 2 fully saturated rings. The number of nitrogens with zero attached hydrogens (tertiary/aromatic N) is 2. The highest BCUT2D eigenvalue weighted by Crippen LogP contribution is 2.32. The molecule has 0 aliphatic carbocycles. The lowest BCUT2D eigenvalue weighted by atomic mass is 10.2. The summed E-state index contributed by atoms with van der Waals surface area (Å²) in [5.41, 5.74) is 2.11. The highest BCUT2D eigenvalue weighted by atomic mass is 32.2. The van der Waals surface area contributed by atoms with Crippen LogP contribution in [0, 0.1) is 0 Å². The monoisotopic (exact) mass is 474 g/mol. The maximum atomic E-state index is 13.2. The number of benzene rings is 2. The Balaban J connectivity index is 1.54. The first-order valence-corrected chi connectivity index (χ1v) is 12.6. The van der Waals surface area contributed by atoms with Crippen molar-refractivity contribution in [1.29, 1.82) is 0 Å². The van der Waals surface area contributed by atoms with Gasteiger partial charge in [-0.05, 0) is 43.2 Å². The number of ether oxygens (including phenoxy) is 2. The molecule has 33 heavy (non-hydrogen) atoms. The number of hydrogen-bond acceptors (Lipinski definition) is 7. The van der Waals surface area contributed by atoms with E-state index in [1.54, 1.807) is 31.4 Å². The van der Waals surface area contributed by atoms with Gasteiger partial charge in [-0.25, -0.2) is 8.42 Å². The first-order chi connectivity index (χ1) is 16.0. The van der Waals surface area contributed by atoms with E-state index in [-0.39, 0.29) is 17.3 Å². The fraction of sp³-hybridized carbons (Fsp3) is 0.435. The fourth-order valence-corrected chi connectivity index (χ4v) is 5.54. The van der Waals surface area contributed by atoms with Crippen molar-refractivity contribution >= 4 is 33.0 Å². The standard InChI is InChI=1S/C23H30N4O5S/c1-31-22-7-3-2-6-19(22)25-23(28)17-24-20-16-18(8-9-21(20)26-10-4-5-11-26)33(29,30)27-12-14-32-15-13-27/h2-3,6-9,16,24H,4-5,10-15,17H2,1H3,(H,25,28). The Hall–Kier alpha value is -2.82. The van der Waals surface area contributed by atoms with E-state index in [0.29, 0.717) is 43.4 Å². The Morgan fingerprint density at radius 3 is 2.48 bits per heavy atom. The number of sulfonamides is 1. The van der Waals surface area contributed by atoms with Gasteiger partial charge in [0.05, 0.1) is 48.8 Å². The summed E-state index contributed by atoms with van der Waals surface area (Å²) < 4.78 is 38.3. The van der Waals surface area contributed by atoms with Crippen LogP contribution in [0.15, 0.2) is 47.4 Å². The van der Waals surface area contributed by atoms with E-state index < -0.39 is 10.0 Å². The summed E-state index contributed by atoms with van der Waals surface area (Å²) in [6.45, 7) is 3.23. The van der Waals surface area contributed by atoms with Crippen molar-refractivity contribution in [3.63, 3.8) is 0 Å². The molecule has 2 aromatic rings. The zero-order chi connectivity index (χ0) is 23.3. The minimum atomic E-state index is -3.64. The quantitative estimate of drug-likeness (QED) is 0.606. The molecular formula is C23H30N4O5S. The van der Waals surface area contributed by atoms with Gasteiger partial charge in [0.1, 0.15) is 5.75 Å². The minimum Gasteiger partial charge on any atom is -0.495 e. The maximum Gasteiger partial charge on any atom is 0.243 e. The zero-order valence-electron chi connectivity index (χ0n) is 18.7. The Morgan fingerprint density at radius 1 is 1.03 bits per heavy atom. The third-order valence-electron chi connectivity index (χ3n) is 5.84. The second-order valence-electron chi connectivity index (χ2n) is 7.99. The third kappa shape index (κ3) is 5.40. The summed E-state index contributed by atoms with van der Waals surface area (Å²) in [6.07, 6.45) is 2.17. The number of hydrogen-bond donors (Lipinski definition) is 2. The van der Waals surface area contributed by atoms with Gasteiger partial charge in [-0.3, -0.25) is 4.79 Å². The smallest absolute Gasteiger partial charge is 0.243 e. The van der Waals surface area contributed by atoms with E-state index in [4.69, 9.17) is 9.47 Å². The molecule has 2 heterocycles. The van der Waals surface area contributed by atoms with Crippen LogP contribution < -0.4 is 20.3 Å². The number of rotatable bonds is 8. The molecule has 0 radical (unpaired) electrons. The van der Waals surface area contributed by atoms with E-state index in [9.17, 15) is 13.2 Å². The summed E-state index contributed by atoms with van der Waals surface area (Å²) in [4.78, 5) is 15.1.